The summed E-state index contributed by atoms with van der Waals surface area (Å²) in [6, 6.07) is 0. The Labute approximate surface area is 87.5 Å². The maximum Gasteiger partial charge on any atom is 0.253 e. The van der Waals surface area contributed by atoms with Crippen LogP contribution in [0.3, 0.4) is 0 Å². The molecule has 0 radical (unpaired) electrons. The van der Waals surface area contributed by atoms with E-state index >= 15 is 0 Å². The smallest absolute Gasteiger partial charge is 0.253 e. The van der Waals surface area contributed by atoms with E-state index in [4.69, 9.17) is 0 Å². The molecule has 0 bridgehead atoms. The molecule has 4 heteroatoms. The van der Waals surface area contributed by atoms with Gasteiger partial charge in [-0.05, 0) is 18.6 Å². The molecule has 1 saturated heterocycles. The number of nitrogens with zero attached hydrogens (tertiary/aromatic N) is 1. The van der Waals surface area contributed by atoms with Crippen LogP contribution in [0.4, 0.5) is 0 Å². The van der Waals surface area contributed by atoms with Crippen molar-refractivity contribution in [2.75, 3.05) is 12.3 Å². The highest BCUT2D eigenvalue weighted by Crippen LogP contribution is 2.26. The molecule has 0 N–H and O–H groups in total. The van der Waals surface area contributed by atoms with Crippen LogP contribution in [0.5, 0.6) is 0 Å². The summed E-state index contributed by atoms with van der Waals surface area (Å²) in [4.78, 5) is 23.9. The van der Waals surface area contributed by atoms with Crippen LogP contribution in [-0.2, 0) is 9.59 Å². The molecule has 1 unspecified atom stereocenters. The fourth-order valence-corrected chi connectivity index (χ4v) is 3.06. The van der Waals surface area contributed by atoms with E-state index in [1.165, 1.54) is 29.9 Å². The second-order valence-electron chi connectivity index (χ2n) is 3.61. The van der Waals surface area contributed by atoms with Gasteiger partial charge in [-0.3, -0.25) is 14.5 Å². The fourth-order valence-electron chi connectivity index (χ4n) is 1.77. The number of carbonyl (C=O) groups excluding carboxylic acids is 2. The van der Waals surface area contributed by atoms with Gasteiger partial charge >= 0.3 is 0 Å². The standard InChI is InChI=1S/C10H13NO2S/c12-9-4-5-10(13)11(9)7-8-3-1-2-6-14-8/h4-5,8H,1-3,6-7H2. The molecule has 0 saturated carbocycles. The minimum Gasteiger partial charge on any atom is -0.274 e. The van der Waals surface area contributed by atoms with Gasteiger partial charge in [-0.15, -0.1) is 0 Å². The number of imide groups is 1. The molecule has 2 rings (SSSR count). The van der Waals surface area contributed by atoms with E-state index in [0.717, 1.165) is 12.2 Å². The van der Waals surface area contributed by atoms with E-state index < -0.39 is 0 Å². The zero-order valence-corrected chi connectivity index (χ0v) is 8.76. The average Bonchev–Trinajstić information content (AvgIpc) is 2.51. The van der Waals surface area contributed by atoms with Crippen molar-refractivity contribution < 1.29 is 9.59 Å². The van der Waals surface area contributed by atoms with Crippen LogP contribution >= 0.6 is 11.8 Å². The molecule has 1 atom stereocenters. The third-order valence-electron chi connectivity index (χ3n) is 2.56. The minimum absolute atomic E-state index is 0.152. The van der Waals surface area contributed by atoms with Gasteiger partial charge in [0.25, 0.3) is 11.8 Å². The lowest BCUT2D eigenvalue weighted by Gasteiger charge is -2.25. The predicted octanol–water partition coefficient (Wildman–Crippen LogP) is 1.20. The van der Waals surface area contributed by atoms with Crippen LogP contribution in [0, 0.1) is 0 Å². The van der Waals surface area contributed by atoms with Crippen molar-refractivity contribution in [2.24, 2.45) is 0 Å². The quantitative estimate of drug-likeness (QED) is 0.644. The molecule has 0 aromatic heterocycles. The van der Waals surface area contributed by atoms with Crippen molar-refractivity contribution in [2.45, 2.75) is 24.5 Å². The van der Waals surface area contributed by atoms with Crippen molar-refractivity contribution >= 4 is 23.6 Å². The van der Waals surface area contributed by atoms with E-state index in [9.17, 15) is 9.59 Å². The molecule has 3 nitrogen and oxygen atoms in total. The van der Waals surface area contributed by atoms with E-state index in [1.807, 2.05) is 11.8 Å². The van der Waals surface area contributed by atoms with Crippen molar-refractivity contribution in [1.82, 2.24) is 4.90 Å². The third kappa shape index (κ3) is 2.00. The lowest BCUT2D eigenvalue weighted by molar-refractivity contribution is -0.136. The maximum absolute atomic E-state index is 11.3. The first kappa shape index (κ1) is 9.77. The summed E-state index contributed by atoms with van der Waals surface area (Å²) in [6.45, 7) is 0.593. The topological polar surface area (TPSA) is 37.4 Å². The Morgan fingerprint density at radius 1 is 1.29 bits per heavy atom. The number of carbonyl (C=O) groups is 2. The van der Waals surface area contributed by atoms with E-state index in [0.29, 0.717) is 11.8 Å². The molecule has 2 aliphatic heterocycles. The molecular weight excluding hydrogens is 198 g/mol. The van der Waals surface area contributed by atoms with Gasteiger partial charge in [-0.25, -0.2) is 0 Å². The summed E-state index contributed by atoms with van der Waals surface area (Å²) in [7, 11) is 0. The molecular formula is C10H13NO2S. The van der Waals surface area contributed by atoms with Gasteiger partial charge in [0.2, 0.25) is 0 Å². The van der Waals surface area contributed by atoms with Crippen LogP contribution in [-0.4, -0.2) is 34.3 Å². The minimum atomic E-state index is -0.152. The Hall–Kier alpha value is -0.770. The van der Waals surface area contributed by atoms with Crippen LogP contribution < -0.4 is 0 Å². The second kappa shape index (κ2) is 4.17. The lowest BCUT2D eigenvalue weighted by Crippen LogP contribution is -2.36. The van der Waals surface area contributed by atoms with Crippen LogP contribution in [0.25, 0.3) is 0 Å². The highest BCUT2D eigenvalue weighted by atomic mass is 32.2. The Morgan fingerprint density at radius 2 is 2.00 bits per heavy atom. The summed E-state index contributed by atoms with van der Waals surface area (Å²) >= 11 is 1.88. The van der Waals surface area contributed by atoms with Crippen LogP contribution in [0.15, 0.2) is 12.2 Å². The zero-order valence-electron chi connectivity index (χ0n) is 7.94. The Balaban J connectivity index is 1.90. The van der Waals surface area contributed by atoms with Crippen LogP contribution in [0.1, 0.15) is 19.3 Å². The number of rotatable bonds is 2. The summed E-state index contributed by atoms with van der Waals surface area (Å²) < 4.78 is 0. The molecule has 76 valence electrons. The molecule has 0 aromatic rings. The summed E-state index contributed by atoms with van der Waals surface area (Å²) in [5.74, 6) is 0.858. The van der Waals surface area contributed by atoms with E-state index in [-0.39, 0.29) is 11.8 Å². The Kier molecular flexibility index (Phi) is 2.91. The molecule has 0 aromatic carbocycles. The predicted molar refractivity (Wildman–Crippen MR) is 56.0 cm³/mol. The van der Waals surface area contributed by atoms with E-state index in [1.54, 1.807) is 0 Å². The lowest BCUT2D eigenvalue weighted by atomic mass is 10.2. The van der Waals surface area contributed by atoms with Crippen molar-refractivity contribution in [3.8, 4) is 0 Å². The fraction of sp³-hybridized carbons (Fsp3) is 0.600. The van der Waals surface area contributed by atoms with Gasteiger partial charge in [-0.2, -0.15) is 11.8 Å². The van der Waals surface area contributed by atoms with E-state index in [2.05, 4.69) is 0 Å². The number of thioether (sulfide) groups is 1. The highest BCUT2D eigenvalue weighted by Gasteiger charge is 2.27. The first-order valence-electron chi connectivity index (χ1n) is 4.92. The molecule has 1 fully saturated rings. The largest absolute Gasteiger partial charge is 0.274 e. The molecule has 2 heterocycles. The summed E-state index contributed by atoms with van der Waals surface area (Å²) in [6.07, 6.45) is 6.33. The van der Waals surface area contributed by atoms with Gasteiger partial charge in [0.05, 0.1) is 0 Å². The second-order valence-corrected chi connectivity index (χ2v) is 5.02. The first-order valence-corrected chi connectivity index (χ1v) is 5.97. The van der Waals surface area contributed by atoms with Crippen molar-refractivity contribution in [1.29, 1.82) is 0 Å². The average molecular weight is 211 g/mol. The molecule has 0 spiro atoms. The molecule has 2 aliphatic rings. The van der Waals surface area contributed by atoms with Gasteiger partial charge in [0.1, 0.15) is 0 Å². The van der Waals surface area contributed by atoms with Gasteiger partial charge in [0, 0.05) is 23.9 Å². The SMILES string of the molecule is O=C1C=CC(=O)N1CC1CCCCS1. The van der Waals surface area contributed by atoms with Crippen molar-refractivity contribution in [3.05, 3.63) is 12.2 Å². The maximum atomic E-state index is 11.3. The van der Waals surface area contributed by atoms with Gasteiger partial charge in [0.15, 0.2) is 0 Å². The first-order chi connectivity index (χ1) is 6.77. The summed E-state index contributed by atoms with van der Waals surface area (Å²) in [5.41, 5.74) is 0. The molecule has 14 heavy (non-hydrogen) atoms. The monoisotopic (exact) mass is 211 g/mol. The Morgan fingerprint density at radius 3 is 2.57 bits per heavy atom. The van der Waals surface area contributed by atoms with Gasteiger partial charge < -0.3 is 0 Å². The zero-order chi connectivity index (χ0) is 9.97. The number of hydrogen-bond acceptors (Lipinski definition) is 3. The normalized spacial score (nSPS) is 27.4. The Bertz CT molecular complexity index is 264. The van der Waals surface area contributed by atoms with Crippen molar-refractivity contribution in [3.63, 3.8) is 0 Å². The summed E-state index contributed by atoms with van der Waals surface area (Å²) in [5, 5.41) is 0.455. The number of hydrogen-bond donors (Lipinski definition) is 0. The molecule has 2 amide bonds. The number of amides is 2. The van der Waals surface area contributed by atoms with Crippen LogP contribution in [0.2, 0.25) is 0 Å². The van der Waals surface area contributed by atoms with Gasteiger partial charge in [-0.1, -0.05) is 6.42 Å². The molecule has 0 aliphatic carbocycles. The third-order valence-corrected chi connectivity index (χ3v) is 3.94. The highest BCUT2D eigenvalue weighted by molar-refractivity contribution is 7.99.